The lowest BCUT2D eigenvalue weighted by molar-refractivity contribution is 0.272. The number of rotatable bonds is 1. The van der Waals surface area contributed by atoms with E-state index >= 15 is 0 Å². The quantitative estimate of drug-likeness (QED) is 0.673. The number of likely N-dealkylation sites (N-methyl/N-ethyl adjacent to an activating group) is 1. The molecule has 0 saturated carbocycles. The molecule has 0 saturated heterocycles. The lowest BCUT2D eigenvalue weighted by Gasteiger charge is -2.26. The van der Waals surface area contributed by atoms with Gasteiger partial charge in [-0.25, -0.2) is 0 Å². The van der Waals surface area contributed by atoms with Gasteiger partial charge in [0.05, 0.1) is 0 Å². The number of thiophene rings is 1. The minimum absolute atomic E-state index is 0.506. The molecule has 1 aromatic rings. The summed E-state index contributed by atoms with van der Waals surface area (Å²) in [5.41, 5.74) is 1.55. The molecular weight excluding hydrogens is 214 g/mol. The molecule has 0 spiro atoms. The fourth-order valence-corrected chi connectivity index (χ4v) is 3.36. The number of aryl methyl sites for hydroxylation is 1. The van der Waals surface area contributed by atoms with E-state index in [9.17, 15) is 0 Å². The molecule has 0 aliphatic carbocycles. The van der Waals surface area contributed by atoms with Crippen LogP contribution in [0.3, 0.4) is 0 Å². The second-order valence-corrected chi connectivity index (χ2v) is 5.67. The summed E-state index contributed by atoms with van der Waals surface area (Å²) in [5.74, 6) is 0. The summed E-state index contributed by atoms with van der Waals surface area (Å²) in [4.78, 5) is 4.04. The van der Waals surface area contributed by atoms with E-state index in [0.717, 1.165) is 6.42 Å². The Balaban J connectivity index is 2.17. The Morgan fingerprint density at radius 3 is 3.12 bits per heavy atom. The van der Waals surface area contributed by atoms with Gasteiger partial charge in [0.25, 0.3) is 0 Å². The summed E-state index contributed by atoms with van der Waals surface area (Å²) >= 11 is 1.92. The van der Waals surface area contributed by atoms with Gasteiger partial charge in [-0.15, -0.1) is 17.9 Å². The molecular formula is C14H21NS. The van der Waals surface area contributed by atoms with Crippen molar-refractivity contribution in [2.75, 3.05) is 13.6 Å². The van der Waals surface area contributed by atoms with Crippen molar-refractivity contribution in [3.05, 3.63) is 34.5 Å². The lowest BCUT2D eigenvalue weighted by atomic mass is 10.0. The fourth-order valence-electron chi connectivity index (χ4n) is 2.40. The molecule has 1 unspecified atom stereocenters. The molecule has 1 aliphatic rings. The SMILES string of the molecule is C=CC1Cc2ccsc2CCCCCN1C. The van der Waals surface area contributed by atoms with Crippen LogP contribution in [0, 0.1) is 0 Å². The first-order valence-electron chi connectivity index (χ1n) is 6.19. The molecule has 2 rings (SSSR count). The third-order valence-electron chi connectivity index (χ3n) is 3.52. The van der Waals surface area contributed by atoms with E-state index in [1.807, 2.05) is 11.3 Å². The summed E-state index contributed by atoms with van der Waals surface area (Å²) in [6.45, 7) is 5.18. The van der Waals surface area contributed by atoms with E-state index in [1.54, 1.807) is 10.4 Å². The van der Waals surface area contributed by atoms with Gasteiger partial charge < -0.3 is 0 Å². The molecule has 0 N–H and O–H groups in total. The molecule has 0 fully saturated rings. The first-order valence-corrected chi connectivity index (χ1v) is 7.07. The number of fused-ring (bicyclic) bond motifs is 1. The van der Waals surface area contributed by atoms with Crippen LogP contribution < -0.4 is 0 Å². The van der Waals surface area contributed by atoms with Gasteiger partial charge in [0, 0.05) is 10.9 Å². The molecule has 2 heterocycles. The zero-order valence-electron chi connectivity index (χ0n) is 10.1. The van der Waals surface area contributed by atoms with Gasteiger partial charge in [0.15, 0.2) is 0 Å². The van der Waals surface area contributed by atoms with E-state index in [2.05, 4.69) is 36.0 Å². The minimum atomic E-state index is 0.506. The average molecular weight is 235 g/mol. The van der Waals surface area contributed by atoms with Crippen LogP contribution in [0.15, 0.2) is 24.1 Å². The van der Waals surface area contributed by atoms with Crippen molar-refractivity contribution < 1.29 is 0 Å². The van der Waals surface area contributed by atoms with Gasteiger partial charge >= 0.3 is 0 Å². The first kappa shape index (κ1) is 11.9. The Bertz CT molecular complexity index is 342. The Morgan fingerprint density at radius 2 is 2.31 bits per heavy atom. The van der Waals surface area contributed by atoms with Crippen LogP contribution >= 0.6 is 11.3 Å². The summed E-state index contributed by atoms with van der Waals surface area (Å²) < 4.78 is 0. The van der Waals surface area contributed by atoms with Crippen LogP contribution in [0.25, 0.3) is 0 Å². The zero-order valence-corrected chi connectivity index (χ0v) is 10.9. The van der Waals surface area contributed by atoms with E-state index in [0.29, 0.717) is 6.04 Å². The maximum Gasteiger partial charge on any atom is 0.0313 e. The molecule has 0 amide bonds. The molecule has 2 heteroatoms. The molecule has 0 aromatic carbocycles. The highest BCUT2D eigenvalue weighted by molar-refractivity contribution is 7.10. The summed E-state index contributed by atoms with van der Waals surface area (Å²) in [6, 6.07) is 2.80. The maximum atomic E-state index is 3.98. The predicted molar refractivity (Wildman–Crippen MR) is 72.2 cm³/mol. The standard InChI is InChI=1S/C14H21NS/c1-3-13-11-12-8-10-16-14(12)7-5-4-6-9-15(13)2/h3,8,10,13H,1,4-7,9,11H2,2H3. The maximum absolute atomic E-state index is 3.98. The summed E-state index contributed by atoms with van der Waals surface area (Å²) in [5, 5.41) is 2.24. The zero-order chi connectivity index (χ0) is 11.4. The number of hydrogen-bond donors (Lipinski definition) is 0. The van der Waals surface area contributed by atoms with Crippen LogP contribution in [0.1, 0.15) is 29.7 Å². The summed E-state index contributed by atoms with van der Waals surface area (Å²) in [6.07, 6.45) is 8.54. The van der Waals surface area contributed by atoms with E-state index in [1.165, 1.54) is 32.2 Å². The number of hydrogen-bond acceptors (Lipinski definition) is 2. The van der Waals surface area contributed by atoms with Gasteiger partial charge in [0.1, 0.15) is 0 Å². The third-order valence-corrected chi connectivity index (χ3v) is 4.54. The normalized spacial score (nSPS) is 23.7. The Kier molecular flexibility index (Phi) is 4.19. The highest BCUT2D eigenvalue weighted by Crippen LogP contribution is 2.23. The van der Waals surface area contributed by atoms with Crippen molar-refractivity contribution >= 4 is 11.3 Å². The molecule has 1 atom stereocenters. The largest absolute Gasteiger partial charge is 0.300 e. The third kappa shape index (κ3) is 2.74. The van der Waals surface area contributed by atoms with Crippen LogP contribution in [-0.4, -0.2) is 24.5 Å². The van der Waals surface area contributed by atoms with Gasteiger partial charge in [-0.3, -0.25) is 4.90 Å². The van der Waals surface area contributed by atoms with Crippen molar-refractivity contribution in [1.82, 2.24) is 4.90 Å². The second-order valence-electron chi connectivity index (χ2n) is 4.67. The Hall–Kier alpha value is -0.600. The van der Waals surface area contributed by atoms with Gasteiger partial charge in [-0.05, 0) is 56.3 Å². The molecule has 1 nitrogen and oxygen atoms in total. The highest BCUT2D eigenvalue weighted by Gasteiger charge is 2.15. The van der Waals surface area contributed by atoms with E-state index < -0.39 is 0 Å². The van der Waals surface area contributed by atoms with Gasteiger partial charge in [0.2, 0.25) is 0 Å². The molecule has 0 radical (unpaired) electrons. The molecule has 0 bridgehead atoms. The van der Waals surface area contributed by atoms with Crippen molar-refractivity contribution in [2.24, 2.45) is 0 Å². The van der Waals surface area contributed by atoms with Crippen molar-refractivity contribution in [3.63, 3.8) is 0 Å². The second kappa shape index (κ2) is 5.65. The Morgan fingerprint density at radius 1 is 1.44 bits per heavy atom. The summed E-state index contributed by atoms with van der Waals surface area (Å²) in [7, 11) is 2.22. The van der Waals surface area contributed by atoms with Gasteiger partial charge in [-0.2, -0.15) is 0 Å². The molecule has 16 heavy (non-hydrogen) atoms. The minimum Gasteiger partial charge on any atom is -0.300 e. The first-order chi connectivity index (χ1) is 7.81. The van der Waals surface area contributed by atoms with Crippen LogP contribution in [0.5, 0.6) is 0 Å². The highest BCUT2D eigenvalue weighted by atomic mass is 32.1. The van der Waals surface area contributed by atoms with E-state index in [-0.39, 0.29) is 0 Å². The van der Waals surface area contributed by atoms with Crippen molar-refractivity contribution in [2.45, 2.75) is 38.1 Å². The van der Waals surface area contributed by atoms with Crippen molar-refractivity contribution in [1.29, 1.82) is 0 Å². The molecule has 1 aliphatic heterocycles. The molecule has 88 valence electrons. The monoisotopic (exact) mass is 235 g/mol. The smallest absolute Gasteiger partial charge is 0.0313 e. The van der Waals surface area contributed by atoms with Crippen LogP contribution in [0.4, 0.5) is 0 Å². The molecule has 1 aromatic heterocycles. The number of nitrogens with zero attached hydrogens (tertiary/aromatic N) is 1. The van der Waals surface area contributed by atoms with Gasteiger partial charge in [-0.1, -0.05) is 12.5 Å². The lowest BCUT2D eigenvalue weighted by Crippen LogP contribution is -2.33. The van der Waals surface area contributed by atoms with Crippen molar-refractivity contribution in [3.8, 4) is 0 Å². The average Bonchev–Trinajstić information content (AvgIpc) is 2.72. The van der Waals surface area contributed by atoms with E-state index in [4.69, 9.17) is 0 Å². The Labute approximate surface area is 103 Å². The van der Waals surface area contributed by atoms with Crippen LogP contribution in [0.2, 0.25) is 0 Å². The van der Waals surface area contributed by atoms with Crippen LogP contribution in [-0.2, 0) is 12.8 Å². The fraction of sp³-hybridized carbons (Fsp3) is 0.571. The predicted octanol–water partition coefficient (Wildman–Crippen LogP) is 3.50. The topological polar surface area (TPSA) is 3.24 Å².